The van der Waals surface area contributed by atoms with Crippen molar-refractivity contribution in [3.63, 3.8) is 0 Å². The van der Waals surface area contributed by atoms with Crippen LogP contribution < -0.4 is 5.32 Å². The largest absolute Gasteiger partial charge is 0.388 e. The van der Waals surface area contributed by atoms with E-state index in [9.17, 15) is 5.11 Å². The van der Waals surface area contributed by atoms with E-state index in [1.165, 1.54) is 5.56 Å². The topological polar surface area (TPSA) is 59.3 Å². The maximum atomic E-state index is 10.4. The molecule has 0 saturated carbocycles. The van der Waals surface area contributed by atoms with E-state index in [0.29, 0.717) is 38.5 Å². The van der Waals surface area contributed by atoms with Crippen LogP contribution in [0.5, 0.6) is 0 Å². The van der Waals surface area contributed by atoms with Gasteiger partial charge < -0.3 is 15.2 Å². The molecule has 1 aliphatic rings. The summed E-state index contributed by atoms with van der Waals surface area (Å²) in [5.41, 5.74) is 1.74. The Morgan fingerprint density at radius 2 is 2.16 bits per heavy atom. The van der Waals surface area contributed by atoms with Crippen molar-refractivity contribution in [2.24, 2.45) is 7.05 Å². The van der Waals surface area contributed by atoms with E-state index in [-0.39, 0.29) is 0 Å². The lowest BCUT2D eigenvalue weighted by molar-refractivity contribution is -0.0617. The van der Waals surface area contributed by atoms with Gasteiger partial charge in [-0.2, -0.15) is 5.10 Å². The second kappa shape index (κ2) is 6.03. The van der Waals surface area contributed by atoms with Crippen molar-refractivity contribution in [1.29, 1.82) is 0 Å². The maximum Gasteiger partial charge on any atom is 0.0815 e. The van der Waals surface area contributed by atoms with Crippen LogP contribution in [0, 0.1) is 0 Å². The summed E-state index contributed by atoms with van der Waals surface area (Å²) in [6, 6.07) is 0. The van der Waals surface area contributed by atoms with Crippen molar-refractivity contribution >= 4 is 0 Å². The number of hydrogen-bond donors (Lipinski definition) is 2. The van der Waals surface area contributed by atoms with Crippen molar-refractivity contribution in [2.45, 2.75) is 44.8 Å². The summed E-state index contributed by atoms with van der Waals surface area (Å²) < 4.78 is 7.14. The van der Waals surface area contributed by atoms with Crippen LogP contribution in [0.4, 0.5) is 0 Å². The van der Waals surface area contributed by atoms with Gasteiger partial charge in [0.05, 0.1) is 11.3 Å². The lowest BCUT2D eigenvalue weighted by Crippen LogP contribution is -2.44. The highest BCUT2D eigenvalue weighted by Gasteiger charge is 2.29. The first-order chi connectivity index (χ1) is 9.00. The molecule has 5 heteroatoms. The number of aryl methyl sites for hydroxylation is 1. The molecule has 1 saturated heterocycles. The first kappa shape index (κ1) is 14.5. The molecule has 0 bridgehead atoms. The van der Waals surface area contributed by atoms with Crippen LogP contribution in [0.15, 0.2) is 6.20 Å². The van der Waals surface area contributed by atoms with Crippen molar-refractivity contribution < 1.29 is 9.84 Å². The summed E-state index contributed by atoms with van der Waals surface area (Å²) in [5.74, 6) is 0.421. The summed E-state index contributed by atoms with van der Waals surface area (Å²) in [5, 5.41) is 18.2. The van der Waals surface area contributed by atoms with Crippen LogP contribution in [0.3, 0.4) is 0 Å². The molecule has 0 aliphatic carbocycles. The third kappa shape index (κ3) is 3.78. The average Bonchev–Trinajstić information content (AvgIpc) is 2.71. The van der Waals surface area contributed by atoms with Crippen LogP contribution in [0.2, 0.25) is 0 Å². The number of hydrogen-bond acceptors (Lipinski definition) is 4. The molecule has 0 radical (unpaired) electrons. The summed E-state index contributed by atoms with van der Waals surface area (Å²) in [6.07, 6.45) is 3.48. The zero-order chi connectivity index (χ0) is 13.9. The Kier molecular flexibility index (Phi) is 4.60. The smallest absolute Gasteiger partial charge is 0.0815 e. The Morgan fingerprint density at radius 1 is 1.47 bits per heavy atom. The molecule has 2 N–H and O–H groups in total. The van der Waals surface area contributed by atoms with E-state index in [1.807, 2.05) is 11.7 Å². The number of ether oxygens (including phenoxy) is 1. The van der Waals surface area contributed by atoms with Crippen molar-refractivity contribution in [1.82, 2.24) is 15.1 Å². The van der Waals surface area contributed by atoms with Gasteiger partial charge in [0.15, 0.2) is 0 Å². The molecule has 0 unspecified atom stereocenters. The van der Waals surface area contributed by atoms with E-state index in [4.69, 9.17) is 4.74 Å². The lowest BCUT2D eigenvalue weighted by atomic mass is 9.94. The summed E-state index contributed by atoms with van der Waals surface area (Å²) in [7, 11) is 1.95. The summed E-state index contributed by atoms with van der Waals surface area (Å²) in [6.45, 7) is 6.98. The number of aliphatic hydroxyl groups is 1. The van der Waals surface area contributed by atoms with Gasteiger partial charge in [0, 0.05) is 58.0 Å². The molecule has 0 amide bonds. The van der Waals surface area contributed by atoms with Crippen LogP contribution in [-0.2, 0) is 18.3 Å². The first-order valence-corrected chi connectivity index (χ1v) is 7.03. The molecule has 1 aliphatic heterocycles. The average molecular weight is 267 g/mol. The summed E-state index contributed by atoms with van der Waals surface area (Å²) >= 11 is 0. The molecule has 2 rings (SSSR count). The predicted molar refractivity (Wildman–Crippen MR) is 74.0 cm³/mol. The Bertz CT molecular complexity index is 409. The number of aromatic nitrogens is 2. The third-order valence-corrected chi connectivity index (χ3v) is 3.68. The second-order valence-corrected chi connectivity index (χ2v) is 5.81. The van der Waals surface area contributed by atoms with Gasteiger partial charge in [0.25, 0.3) is 0 Å². The normalized spacial score (nSPS) is 19.0. The highest BCUT2D eigenvalue weighted by atomic mass is 16.5. The molecule has 0 aromatic carbocycles. The van der Waals surface area contributed by atoms with E-state index in [1.54, 1.807) is 0 Å². The van der Waals surface area contributed by atoms with Gasteiger partial charge >= 0.3 is 0 Å². The van der Waals surface area contributed by atoms with E-state index in [0.717, 1.165) is 12.2 Å². The zero-order valence-corrected chi connectivity index (χ0v) is 12.1. The van der Waals surface area contributed by atoms with E-state index < -0.39 is 5.60 Å². The quantitative estimate of drug-likeness (QED) is 0.841. The molecule has 1 aromatic rings. The van der Waals surface area contributed by atoms with E-state index in [2.05, 4.69) is 30.5 Å². The number of nitrogens with one attached hydrogen (secondary N) is 1. The van der Waals surface area contributed by atoms with Crippen LogP contribution in [0.25, 0.3) is 0 Å². The Morgan fingerprint density at radius 3 is 2.79 bits per heavy atom. The van der Waals surface area contributed by atoms with Gasteiger partial charge in [-0.25, -0.2) is 0 Å². The fourth-order valence-corrected chi connectivity index (χ4v) is 2.54. The van der Waals surface area contributed by atoms with Crippen LogP contribution in [0.1, 0.15) is 43.9 Å². The molecule has 1 aromatic heterocycles. The van der Waals surface area contributed by atoms with E-state index >= 15 is 0 Å². The lowest BCUT2D eigenvalue weighted by Gasteiger charge is -2.32. The van der Waals surface area contributed by atoms with Gasteiger partial charge in [0.1, 0.15) is 0 Å². The minimum atomic E-state index is -0.613. The standard InChI is InChI=1S/C14H25N3O2/c1-11(2)13-12(9-17(3)16-13)8-15-10-14(18)4-6-19-7-5-14/h9,11,15,18H,4-8,10H2,1-3H3. The molecule has 0 atom stereocenters. The van der Waals surface area contributed by atoms with Crippen molar-refractivity contribution in [3.8, 4) is 0 Å². The monoisotopic (exact) mass is 267 g/mol. The van der Waals surface area contributed by atoms with Gasteiger partial charge in [-0.15, -0.1) is 0 Å². The fourth-order valence-electron chi connectivity index (χ4n) is 2.54. The van der Waals surface area contributed by atoms with Crippen LogP contribution >= 0.6 is 0 Å². The molecule has 2 heterocycles. The highest BCUT2D eigenvalue weighted by Crippen LogP contribution is 2.20. The van der Waals surface area contributed by atoms with Gasteiger partial charge in [-0.1, -0.05) is 13.8 Å². The second-order valence-electron chi connectivity index (χ2n) is 5.81. The molecule has 1 fully saturated rings. The zero-order valence-electron chi connectivity index (χ0n) is 12.1. The molecule has 0 spiro atoms. The highest BCUT2D eigenvalue weighted by molar-refractivity contribution is 5.20. The number of nitrogens with zero attached hydrogens (tertiary/aromatic N) is 2. The SMILES string of the molecule is CC(C)c1nn(C)cc1CNCC1(O)CCOCC1. The Hall–Kier alpha value is -0.910. The minimum absolute atomic E-state index is 0.421. The molecule has 19 heavy (non-hydrogen) atoms. The maximum absolute atomic E-state index is 10.4. The summed E-state index contributed by atoms with van der Waals surface area (Å²) in [4.78, 5) is 0. The molecule has 5 nitrogen and oxygen atoms in total. The Labute approximate surface area is 115 Å². The molecule has 108 valence electrons. The molecular weight excluding hydrogens is 242 g/mol. The predicted octanol–water partition coefficient (Wildman–Crippen LogP) is 1.17. The van der Waals surface area contributed by atoms with Crippen LogP contribution in [-0.4, -0.2) is 40.2 Å². The number of rotatable bonds is 5. The first-order valence-electron chi connectivity index (χ1n) is 7.03. The minimum Gasteiger partial charge on any atom is -0.388 e. The van der Waals surface area contributed by atoms with Gasteiger partial charge in [-0.3, -0.25) is 4.68 Å². The third-order valence-electron chi connectivity index (χ3n) is 3.68. The molecular formula is C14H25N3O2. The van der Waals surface area contributed by atoms with Gasteiger partial charge in [-0.05, 0) is 5.92 Å². The van der Waals surface area contributed by atoms with Crippen molar-refractivity contribution in [2.75, 3.05) is 19.8 Å². The van der Waals surface area contributed by atoms with Crippen molar-refractivity contribution in [3.05, 3.63) is 17.5 Å². The van der Waals surface area contributed by atoms with Gasteiger partial charge in [0.2, 0.25) is 0 Å². The fraction of sp³-hybridized carbons (Fsp3) is 0.786. The Balaban J connectivity index is 1.88.